The molecule has 1 aliphatic heterocycles. The molecule has 1 amide bonds. The predicted molar refractivity (Wildman–Crippen MR) is 75.0 cm³/mol. The molecule has 0 aromatic heterocycles. The van der Waals surface area contributed by atoms with Crippen molar-refractivity contribution in [1.82, 2.24) is 9.80 Å². The molecule has 0 saturated carbocycles. The lowest BCUT2D eigenvalue weighted by molar-refractivity contribution is 0.0520. The van der Waals surface area contributed by atoms with E-state index in [1.807, 2.05) is 6.92 Å². The van der Waals surface area contributed by atoms with E-state index in [-0.39, 0.29) is 11.7 Å². The first kappa shape index (κ1) is 15.9. The minimum absolute atomic E-state index is 0.0987. The van der Waals surface area contributed by atoms with Gasteiger partial charge in [0, 0.05) is 38.8 Å². The second-order valence-corrected chi connectivity index (χ2v) is 5.28. The van der Waals surface area contributed by atoms with Crippen LogP contribution in [0.3, 0.4) is 0 Å². The number of amides is 1. The minimum Gasteiger partial charge on any atom is -0.392 e. The van der Waals surface area contributed by atoms with Crippen LogP contribution in [0.2, 0.25) is 0 Å². The first-order valence-electron chi connectivity index (χ1n) is 7.16. The fraction of sp³-hybridized carbons (Fsp3) is 0.533. The van der Waals surface area contributed by atoms with Crippen molar-refractivity contribution in [3.63, 3.8) is 0 Å². The minimum atomic E-state index is -0.830. The Morgan fingerprint density at radius 2 is 1.95 bits per heavy atom. The molecular weight excluding hydrogens is 278 g/mol. The maximum Gasteiger partial charge on any atom is 0.256 e. The van der Waals surface area contributed by atoms with Crippen LogP contribution in [-0.2, 0) is 0 Å². The van der Waals surface area contributed by atoms with Gasteiger partial charge in [-0.1, -0.05) is 6.92 Å². The summed E-state index contributed by atoms with van der Waals surface area (Å²) in [7, 11) is 0. The van der Waals surface area contributed by atoms with E-state index in [0.717, 1.165) is 12.1 Å². The molecule has 1 saturated heterocycles. The SMILES string of the molecule is CCC(O)CN1CCN(C(=O)c2ccc(F)cc2F)CC1. The molecule has 0 spiro atoms. The molecule has 1 unspecified atom stereocenters. The van der Waals surface area contributed by atoms with Crippen LogP contribution >= 0.6 is 0 Å². The van der Waals surface area contributed by atoms with E-state index in [4.69, 9.17) is 0 Å². The van der Waals surface area contributed by atoms with Gasteiger partial charge in [0.15, 0.2) is 0 Å². The number of benzene rings is 1. The molecule has 4 nitrogen and oxygen atoms in total. The van der Waals surface area contributed by atoms with Crippen molar-refractivity contribution in [2.75, 3.05) is 32.7 Å². The summed E-state index contributed by atoms with van der Waals surface area (Å²) in [6, 6.07) is 2.99. The summed E-state index contributed by atoms with van der Waals surface area (Å²) < 4.78 is 26.5. The van der Waals surface area contributed by atoms with Crippen LogP contribution in [0.25, 0.3) is 0 Å². The summed E-state index contributed by atoms with van der Waals surface area (Å²) in [6.45, 7) is 4.75. The smallest absolute Gasteiger partial charge is 0.256 e. The number of carbonyl (C=O) groups is 1. The van der Waals surface area contributed by atoms with E-state index < -0.39 is 17.5 Å². The zero-order chi connectivity index (χ0) is 15.4. The normalized spacial score (nSPS) is 17.8. The summed E-state index contributed by atoms with van der Waals surface area (Å²) in [4.78, 5) is 15.9. The first-order chi connectivity index (χ1) is 10.0. The Balaban J connectivity index is 1.94. The van der Waals surface area contributed by atoms with Crippen LogP contribution in [-0.4, -0.2) is 59.6 Å². The second-order valence-electron chi connectivity index (χ2n) is 5.28. The van der Waals surface area contributed by atoms with Crippen molar-refractivity contribution >= 4 is 5.91 Å². The predicted octanol–water partition coefficient (Wildman–Crippen LogP) is 1.49. The molecule has 1 aromatic rings. The molecule has 1 N–H and O–H groups in total. The van der Waals surface area contributed by atoms with Gasteiger partial charge in [0.2, 0.25) is 0 Å². The van der Waals surface area contributed by atoms with Crippen LogP contribution < -0.4 is 0 Å². The molecule has 116 valence electrons. The standard InChI is InChI=1S/C15H20F2N2O2/c1-2-12(20)10-18-5-7-19(8-6-18)15(21)13-4-3-11(16)9-14(13)17/h3-4,9,12,20H,2,5-8,10H2,1H3. The molecule has 0 aliphatic carbocycles. The number of halogens is 2. The van der Waals surface area contributed by atoms with Crippen molar-refractivity contribution in [2.45, 2.75) is 19.4 Å². The number of aliphatic hydroxyl groups excluding tert-OH is 1. The molecule has 1 aromatic carbocycles. The highest BCUT2D eigenvalue weighted by Crippen LogP contribution is 2.14. The van der Waals surface area contributed by atoms with Gasteiger partial charge < -0.3 is 10.0 Å². The van der Waals surface area contributed by atoms with E-state index in [1.165, 1.54) is 6.07 Å². The van der Waals surface area contributed by atoms with Gasteiger partial charge in [0.05, 0.1) is 11.7 Å². The summed E-state index contributed by atoms with van der Waals surface area (Å²) in [5.74, 6) is -1.94. The average Bonchev–Trinajstić information content (AvgIpc) is 2.47. The van der Waals surface area contributed by atoms with Gasteiger partial charge in [0.1, 0.15) is 11.6 Å². The van der Waals surface area contributed by atoms with E-state index >= 15 is 0 Å². The fourth-order valence-electron chi connectivity index (χ4n) is 2.39. The second kappa shape index (κ2) is 6.95. The number of β-amino-alcohol motifs (C(OH)–C–C–N with tert-alkyl or cyclic N) is 1. The van der Waals surface area contributed by atoms with Gasteiger partial charge >= 0.3 is 0 Å². The van der Waals surface area contributed by atoms with Crippen LogP contribution in [0.15, 0.2) is 18.2 Å². The zero-order valence-electron chi connectivity index (χ0n) is 12.1. The van der Waals surface area contributed by atoms with E-state index in [9.17, 15) is 18.7 Å². The Kier molecular flexibility index (Phi) is 5.25. The molecule has 6 heteroatoms. The summed E-state index contributed by atoms with van der Waals surface area (Å²) in [5.41, 5.74) is -0.0987. The Morgan fingerprint density at radius 1 is 1.29 bits per heavy atom. The van der Waals surface area contributed by atoms with Gasteiger partial charge in [-0.05, 0) is 18.6 Å². The van der Waals surface area contributed by atoms with Crippen LogP contribution in [0.1, 0.15) is 23.7 Å². The molecule has 1 aliphatic rings. The van der Waals surface area contributed by atoms with Crippen molar-refractivity contribution in [3.8, 4) is 0 Å². The third-order valence-electron chi connectivity index (χ3n) is 3.76. The molecule has 0 radical (unpaired) electrons. The van der Waals surface area contributed by atoms with Gasteiger partial charge in [-0.2, -0.15) is 0 Å². The molecular formula is C15H20F2N2O2. The van der Waals surface area contributed by atoms with Gasteiger partial charge in [0.25, 0.3) is 5.91 Å². The Hall–Kier alpha value is -1.53. The molecule has 1 heterocycles. The largest absolute Gasteiger partial charge is 0.392 e. The van der Waals surface area contributed by atoms with Crippen LogP contribution in [0, 0.1) is 11.6 Å². The van der Waals surface area contributed by atoms with E-state index in [1.54, 1.807) is 4.90 Å². The zero-order valence-corrected chi connectivity index (χ0v) is 12.1. The lowest BCUT2D eigenvalue weighted by Gasteiger charge is -2.35. The third-order valence-corrected chi connectivity index (χ3v) is 3.76. The van der Waals surface area contributed by atoms with Crippen LogP contribution in [0.4, 0.5) is 8.78 Å². The highest BCUT2D eigenvalue weighted by atomic mass is 19.1. The number of hydrogen-bond acceptors (Lipinski definition) is 3. The van der Waals surface area contributed by atoms with Gasteiger partial charge in [-0.3, -0.25) is 9.69 Å². The highest BCUT2D eigenvalue weighted by Gasteiger charge is 2.24. The maximum atomic E-state index is 13.6. The molecule has 0 bridgehead atoms. The van der Waals surface area contributed by atoms with Crippen molar-refractivity contribution < 1.29 is 18.7 Å². The summed E-state index contributed by atoms with van der Waals surface area (Å²) in [5, 5.41) is 9.62. The summed E-state index contributed by atoms with van der Waals surface area (Å²) in [6.07, 6.45) is 0.335. The van der Waals surface area contributed by atoms with Crippen molar-refractivity contribution in [1.29, 1.82) is 0 Å². The quantitative estimate of drug-likeness (QED) is 0.916. The van der Waals surface area contributed by atoms with Gasteiger partial charge in [-0.25, -0.2) is 8.78 Å². The van der Waals surface area contributed by atoms with Crippen molar-refractivity contribution in [2.24, 2.45) is 0 Å². The van der Waals surface area contributed by atoms with Gasteiger partial charge in [-0.15, -0.1) is 0 Å². The lowest BCUT2D eigenvalue weighted by atomic mass is 10.1. The lowest BCUT2D eigenvalue weighted by Crippen LogP contribution is -2.50. The molecule has 2 rings (SSSR count). The number of piperazine rings is 1. The average molecular weight is 298 g/mol. The summed E-state index contributed by atoms with van der Waals surface area (Å²) >= 11 is 0. The number of aliphatic hydroxyl groups is 1. The van der Waals surface area contributed by atoms with Crippen molar-refractivity contribution in [3.05, 3.63) is 35.4 Å². The third kappa shape index (κ3) is 3.98. The Bertz CT molecular complexity index is 502. The maximum absolute atomic E-state index is 13.6. The van der Waals surface area contributed by atoms with E-state index in [2.05, 4.69) is 4.90 Å². The molecule has 1 atom stereocenters. The molecule has 1 fully saturated rings. The number of rotatable bonds is 4. The number of hydrogen-bond donors (Lipinski definition) is 1. The fourth-order valence-corrected chi connectivity index (χ4v) is 2.39. The monoisotopic (exact) mass is 298 g/mol. The Morgan fingerprint density at radius 3 is 2.52 bits per heavy atom. The number of nitrogens with zero attached hydrogens (tertiary/aromatic N) is 2. The Labute approximate surface area is 123 Å². The van der Waals surface area contributed by atoms with Crippen LogP contribution in [0.5, 0.6) is 0 Å². The molecule has 21 heavy (non-hydrogen) atoms. The van der Waals surface area contributed by atoms with E-state index in [0.29, 0.717) is 39.1 Å². The topological polar surface area (TPSA) is 43.8 Å². The highest BCUT2D eigenvalue weighted by molar-refractivity contribution is 5.94. The number of carbonyl (C=O) groups excluding carboxylic acids is 1. The first-order valence-corrected chi connectivity index (χ1v) is 7.16.